The fourth-order valence-corrected chi connectivity index (χ4v) is 2.91. The van der Waals surface area contributed by atoms with Crippen LogP contribution in [-0.2, 0) is 6.54 Å². The third kappa shape index (κ3) is 3.48. The predicted octanol–water partition coefficient (Wildman–Crippen LogP) is 4.46. The molecule has 0 spiro atoms. The van der Waals surface area contributed by atoms with Gasteiger partial charge in [-0.15, -0.1) is 0 Å². The molecule has 1 saturated carbocycles. The fourth-order valence-electron chi connectivity index (χ4n) is 2.91. The standard InChI is InChI=1S/C21H20N2O2/c1-14-6-5-7-15(12-14)13-22-20(24)18-19(16-10-11-16)25-21(23-18)17-8-3-2-4-9-17/h2-9,12,16H,10-11,13H2,1H3,(H,22,24). The lowest BCUT2D eigenvalue weighted by Gasteiger charge is -2.05. The molecule has 0 radical (unpaired) electrons. The Morgan fingerprint density at radius 2 is 1.96 bits per heavy atom. The van der Waals surface area contributed by atoms with E-state index in [1.165, 1.54) is 5.56 Å². The van der Waals surface area contributed by atoms with Crippen LogP contribution in [0.25, 0.3) is 11.5 Å². The van der Waals surface area contributed by atoms with Crippen molar-refractivity contribution in [2.24, 2.45) is 0 Å². The average Bonchev–Trinajstić information content (AvgIpc) is 3.39. The van der Waals surface area contributed by atoms with Crippen molar-refractivity contribution in [1.29, 1.82) is 0 Å². The largest absolute Gasteiger partial charge is 0.440 e. The van der Waals surface area contributed by atoms with Crippen molar-refractivity contribution >= 4 is 5.91 Å². The number of hydrogen-bond donors (Lipinski definition) is 1. The summed E-state index contributed by atoms with van der Waals surface area (Å²) in [7, 11) is 0. The van der Waals surface area contributed by atoms with Crippen molar-refractivity contribution in [2.45, 2.75) is 32.2 Å². The molecule has 1 N–H and O–H groups in total. The van der Waals surface area contributed by atoms with E-state index in [0.29, 0.717) is 24.0 Å². The molecule has 0 unspecified atom stereocenters. The highest BCUT2D eigenvalue weighted by molar-refractivity contribution is 5.94. The van der Waals surface area contributed by atoms with Gasteiger partial charge in [0.2, 0.25) is 5.89 Å². The lowest BCUT2D eigenvalue weighted by atomic mass is 10.1. The molecule has 1 aliphatic carbocycles. The number of carbonyl (C=O) groups excluding carboxylic acids is 1. The number of carbonyl (C=O) groups is 1. The van der Waals surface area contributed by atoms with E-state index in [-0.39, 0.29) is 5.91 Å². The van der Waals surface area contributed by atoms with E-state index in [1.807, 2.05) is 55.5 Å². The zero-order valence-electron chi connectivity index (χ0n) is 14.2. The molecule has 0 bridgehead atoms. The maximum Gasteiger partial charge on any atom is 0.273 e. The fraction of sp³-hybridized carbons (Fsp3) is 0.238. The molecule has 1 aromatic heterocycles. The van der Waals surface area contributed by atoms with Crippen molar-refractivity contribution in [3.8, 4) is 11.5 Å². The highest BCUT2D eigenvalue weighted by atomic mass is 16.4. The Labute approximate surface area is 146 Å². The van der Waals surface area contributed by atoms with E-state index in [2.05, 4.69) is 16.4 Å². The van der Waals surface area contributed by atoms with Crippen LogP contribution in [0.1, 0.15) is 46.1 Å². The van der Waals surface area contributed by atoms with Crippen LogP contribution < -0.4 is 5.32 Å². The summed E-state index contributed by atoms with van der Waals surface area (Å²) < 4.78 is 5.95. The first kappa shape index (κ1) is 15.6. The third-order valence-electron chi connectivity index (χ3n) is 4.37. The molecule has 4 rings (SSSR count). The summed E-state index contributed by atoms with van der Waals surface area (Å²) in [6, 6.07) is 17.8. The summed E-state index contributed by atoms with van der Waals surface area (Å²) in [6.45, 7) is 2.53. The Morgan fingerprint density at radius 3 is 2.68 bits per heavy atom. The highest BCUT2D eigenvalue weighted by Crippen LogP contribution is 2.43. The van der Waals surface area contributed by atoms with Gasteiger partial charge < -0.3 is 9.73 Å². The molecule has 1 aliphatic rings. The van der Waals surface area contributed by atoms with E-state index in [0.717, 1.165) is 29.7 Å². The maximum atomic E-state index is 12.7. The van der Waals surface area contributed by atoms with Crippen molar-refractivity contribution in [3.05, 3.63) is 77.2 Å². The van der Waals surface area contributed by atoms with Crippen molar-refractivity contribution in [1.82, 2.24) is 10.3 Å². The Hall–Kier alpha value is -2.88. The van der Waals surface area contributed by atoms with Crippen LogP contribution >= 0.6 is 0 Å². The summed E-state index contributed by atoms with van der Waals surface area (Å²) in [4.78, 5) is 17.2. The molecule has 25 heavy (non-hydrogen) atoms. The van der Waals surface area contributed by atoms with Gasteiger partial charge in [0, 0.05) is 18.0 Å². The number of nitrogens with zero attached hydrogens (tertiary/aromatic N) is 1. The minimum atomic E-state index is -0.172. The van der Waals surface area contributed by atoms with Gasteiger partial charge in [0.25, 0.3) is 5.91 Å². The zero-order valence-corrected chi connectivity index (χ0v) is 14.2. The molecule has 1 amide bonds. The summed E-state index contributed by atoms with van der Waals surface area (Å²) >= 11 is 0. The van der Waals surface area contributed by atoms with Gasteiger partial charge in [-0.1, -0.05) is 48.0 Å². The lowest BCUT2D eigenvalue weighted by molar-refractivity contribution is 0.0944. The molecule has 3 aromatic rings. The Morgan fingerprint density at radius 1 is 1.16 bits per heavy atom. The summed E-state index contributed by atoms with van der Waals surface area (Å²) in [5, 5.41) is 2.97. The smallest absolute Gasteiger partial charge is 0.273 e. The second-order valence-corrected chi connectivity index (χ2v) is 6.54. The first-order chi connectivity index (χ1) is 12.2. The quantitative estimate of drug-likeness (QED) is 0.750. The van der Waals surface area contributed by atoms with E-state index in [9.17, 15) is 4.79 Å². The molecule has 0 saturated heterocycles. The highest BCUT2D eigenvalue weighted by Gasteiger charge is 2.34. The van der Waals surface area contributed by atoms with Gasteiger partial charge in [-0.3, -0.25) is 4.79 Å². The molecule has 1 heterocycles. The average molecular weight is 332 g/mol. The SMILES string of the molecule is Cc1cccc(CNC(=O)c2nc(-c3ccccc3)oc2C2CC2)c1. The van der Waals surface area contributed by atoms with Crippen LogP contribution in [0.2, 0.25) is 0 Å². The molecule has 2 aromatic carbocycles. The Balaban J connectivity index is 1.56. The molecule has 4 nitrogen and oxygen atoms in total. The van der Waals surface area contributed by atoms with Crippen molar-refractivity contribution < 1.29 is 9.21 Å². The summed E-state index contributed by atoms with van der Waals surface area (Å²) in [6.07, 6.45) is 2.11. The number of aromatic nitrogens is 1. The van der Waals surface area contributed by atoms with Gasteiger partial charge >= 0.3 is 0 Å². The van der Waals surface area contributed by atoms with E-state index in [4.69, 9.17) is 4.42 Å². The monoisotopic (exact) mass is 332 g/mol. The van der Waals surface area contributed by atoms with Gasteiger partial charge in [0.05, 0.1) is 0 Å². The van der Waals surface area contributed by atoms with E-state index in [1.54, 1.807) is 0 Å². The van der Waals surface area contributed by atoms with Crippen LogP contribution in [0.3, 0.4) is 0 Å². The minimum Gasteiger partial charge on any atom is -0.440 e. The molecule has 0 aliphatic heterocycles. The van der Waals surface area contributed by atoms with Crippen LogP contribution in [0.5, 0.6) is 0 Å². The number of aryl methyl sites for hydroxylation is 1. The Kier molecular flexibility index (Phi) is 4.10. The van der Waals surface area contributed by atoms with Gasteiger partial charge in [-0.05, 0) is 37.5 Å². The summed E-state index contributed by atoms with van der Waals surface area (Å²) in [5.41, 5.74) is 3.57. The number of amides is 1. The number of oxazole rings is 1. The topological polar surface area (TPSA) is 55.1 Å². The number of nitrogens with one attached hydrogen (secondary N) is 1. The zero-order chi connectivity index (χ0) is 17.2. The van der Waals surface area contributed by atoms with Crippen LogP contribution in [0.15, 0.2) is 59.0 Å². The second-order valence-electron chi connectivity index (χ2n) is 6.54. The molecule has 1 fully saturated rings. The first-order valence-electron chi connectivity index (χ1n) is 8.60. The molecule has 0 atom stereocenters. The second kappa shape index (κ2) is 6.55. The Bertz CT molecular complexity index is 895. The number of hydrogen-bond acceptors (Lipinski definition) is 3. The van der Waals surface area contributed by atoms with Gasteiger partial charge in [-0.2, -0.15) is 0 Å². The normalized spacial score (nSPS) is 13.6. The third-order valence-corrected chi connectivity index (χ3v) is 4.37. The van der Waals surface area contributed by atoms with Gasteiger partial charge in [0.1, 0.15) is 5.76 Å². The van der Waals surface area contributed by atoms with E-state index < -0.39 is 0 Å². The number of benzene rings is 2. The van der Waals surface area contributed by atoms with Crippen LogP contribution in [-0.4, -0.2) is 10.9 Å². The molecule has 4 heteroatoms. The maximum absolute atomic E-state index is 12.7. The van der Waals surface area contributed by atoms with Crippen LogP contribution in [0, 0.1) is 6.92 Å². The lowest BCUT2D eigenvalue weighted by Crippen LogP contribution is -2.24. The minimum absolute atomic E-state index is 0.172. The summed E-state index contributed by atoms with van der Waals surface area (Å²) in [5.74, 6) is 1.39. The predicted molar refractivity (Wildman–Crippen MR) is 96.3 cm³/mol. The molecular weight excluding hydrogens is 312 g/mol. The van der Waals surface area contributed by atoms with E-state index >= 15 is 0 Å². The van der Waals surface area contributed by atoms with Gasteiger partial charge in [0.15, 0.2) is 5.69 Å². The van der Waals surface area contributed by atoms with Crippen molar-refractivity contribution in [2.75, 3.05) is 0 Å². The van der Waals surface area contributed by atoms with Crippen LogP contribution in [0.4, 0.5) is 0 Å². The van der Waals surface area contributed by atoms with Gasteiger partial charge in [-0.25, -0.2) is 4.98 Å². The molecule has 126 valence electrons. The number of rotatable bonds is 5. The first-order valence-corrected chi connectivity index (χ1v) is 8.60. The molecular formula is C21H20N2O2. The van der Waals surface area contributed by atoms with Crippen molar-refractivity contribution in [3.63, 3.8) is 0 Å².